The number of nitrogens with one attached hydrogen (secondary N) is 1. The number of rotatable bonds is 9. The summed E-state index contributed by atoms with van der Waals surface area (Å²) in [7, 11) is 0. The van der Waals surface area contributed by atoms with Crippen LogP contribution in [0.2, 0.25) is 0 Å². The Kier molecular flexibility index (Phi) is 7.93. The van der Waals surface area contributed by atoms with Crippen molar-refractivity contribution in [1.29, 1.82) is 5.26 Å². The largest absolute Gasteiger partial charge is 0.306 e. The molecule has 0 aromatic heterocycles. The van der Waals surface area contributed by atoms with Crippen LogP contribution in [0.3, 0.4) is 0 Å². The van der Waals surface area contributed by atoms with Crippen LogP contribution in [0.1, 0.15) is 64.0 Å². The predicted molar refractivity (Wildman–Crippen MR) is 80.8 cm³/mol. The highest BCUT2D eigenvalue weighted by atomic mass is 14.9. The van der Waals surface area contributed by atoms with E-state index in [9.17, 15) is 0 Å². The van der Waals surface area contributed by atoms with Crippen LogP contribution in [0.15, 0.2) is 30.3 Å². The number of nitriles is 1. The number of hydrogen-bond acceptors (Lipinski definition) is 2. The Balaban J connectivity index is 2.66. The van der Waals surface area contributed by atoms with Crippen molar-refractivity contribution in [2.24, 2.45) is 0 Å². The molecule has 0 fully saturated rings. The van der Waals surface area contributed by atoms with Crippen molar-refractivity contribution in [3.8, 4) is 6.07 Å². The summed E-state index contributed by atoms with van der Waals surface area (Å²) in [6, 6.07) is 13.6. The van der Waals surface area contributed by atoms with Crippen LogP contribution in [-0.2, 0) is 0 Å². The lowest BCUT2D eigenvalue weighted by Crippen LogP contribution is -2.32. The zero-order valence-electron chi connectivity index (χ0n) is 12.2. The van der Waals surface area contributed by atoms with Crippen molar-refractivity contribution in [2.45, 2.75) is 64.5 Å². The molecule has 0 aliphatic heterocycles. The number of hydrogen-bond donors (Lipinski definition) is 1. The lowest BCUT2D eigenvalue weighted by Gasteiger charge is -2.24. The van der Waals surface area contributed by atoms with Gasteiger partial charge >= 0.3 is 0 Å². The highest BCUT2D eigenvalue weighted by Crippen LogP contribution is 2.21. The van der Waals surface area contributed by atoms with Gasteiger partial charge in [0.2, 0.25) is 0 Å². The first kappa shape index (κ1) is 15.7. The first-order valence-corrected chi connectivity index (χ1v) is 7.49. The minimum Gasteiger partial charge on any atom is -0.306 e. The van der Waals surface area contributed by atoms with Crippen LogP contribution < -0.4 is 5.32 Å². The second-order valence-electron chi connectivity index (χ2n) is 5.09. The molecule has 19 heavy (non-hydrogen) atoms. The second kappa shape index (κ2) is 9.58. The van der Waals surface area contributed by atoms with Crippen LogP contribution in [0, 0.1) is 11.3 Å². The maximum absolute atomic E-state index is 8.88. The van der Waals surface area contributed by atoms with Gasteiger partial charge in [0.05, 0.1) is 12.5 Å². The zero-order valence-corrected chi connectivity index (χ0v) is 12.2. The van der Waals surface area contributed by atoms with E-state index in [1.807, 2.05) is 0 Å². The predicted octanol–water partition coefficient (Wildman–Crippen LogP) is 4.59. The van der Waals surface area contributed by atoms with Crippen LogP contribution in [-0.4, -0.2) is 6.04 Å². The molecule has 0 saturated heterocycles. The molecule has 0 amide bonds. The summed E-state index contributed by atoms with van der Waals surface area (Å²) in [5.41, 5.74) is 1.34. The monoisotopic (exact) mass is 258 g/mol. The molecule has 104 valence electrons. The molecule has 0 spiro atoms. The van der Waals surface area contributed by atoms with Crippen molar-refractivity contribution >= 4 is 0 Å². The van der Waals surface area contributed by atoms with Gasteiger partial charge in [-0.25, -0.2) is 0 Å². The Morgan fingerprint density at radius 1 is 1.16 bits per heavy atom. The first-order valence-electron chi connectivity index (χ1n) is 7.49. The Morgan fingerprint density at radius 2 is 1.89 bits per heavy atom. The van der Waals surface area contributed by atoms with E-state index >= 15 is 0 Å². The maximum Gasteiger partial charge on any atom is 0.0638 e. The molecule has 2 unspecified atom stereocenters. The lowest BCUT2D eigenvalue weighted by atomic mass is 9.98. The molecule has 2 heteroatoms. The Labute approximate surface area is 117 Å². The Morgan fingerprint density at radius 3 is 2.47 bits per heavy atom. The summed E-state index contributed by atoms with van der Waals surface area (Å²) in [5.74, 6) is 0. The Hall–Kier alpha value is -1.33. The number of benzene rings is 1. The van der Waals surface area contributed by atoms with Crippen LogP contribution >= 0.6 is 0 Å². The summed E-state index contributed by atoms with van der Waals surface area (Å²) in [4.78, 5) is 0. The van der Waals surface area contributed by atoms with Crippen molar-refractivity contribution in [3.05, 3.63) is 35.9 Å². The van der Waals surface area contributed by atoms with E-state index in [0.29, 0.717) is 18.5 Å². The third-order valence-electron chi connectivity index (χ3n) is 3.57. The molecule has 1 N–H and O–H groups in total. The van der Waals surface area contributed by atoms with Gasteiger partial charge in [-0.3, -0.25) is 0 Å². The van der Waals surface area contributed by atoms with E-state index in [0.717, 1.165) is 12.8 Å². The van der Waals surface area contributed by atoms with Crippen molar-refractivity contribution in [3.63, 3.8) is 0 Å². The molecule has 0 aliphatic carbocycles. The third-order valence-corrected chi connectivity index (χ3v) is 3.57. The molecule has 1 rings (SSSR count). The standard InChI is InChI=1S/C17H26N2/c1-3-5-7-12-17(15-10-8-6-9-11-15)19-16(4-2)13-14-18/h6,8-11,16-17,19H,3-5,7,12-13H2,1-2H3. The van der Waals surface area contributed by atoms with Crippen LogP contribution in [0.5, 0.6) is 0 Å². The van der Waals surface area contributed by atoms with Gasteiger partial charge in [0, 0.05) is 12.1 Å². The maximum atomic E-state index is 8.88. The van der Waals surface area contributed by atoms with E-state index in [-0.39, 0.29) is 0 Å². The number of nitrogens with zero attached hydrogens (tertiary/aromatic N) is 1. The SMILES string of the molecule is CCCCCC(NC(CC)CC#N)c1ccccc1. The van der Waals surface area contributed by atoms with Crippen molar-refractivity contribution in [2.75, 3.05) is 0 Å². The average Bonchev–Trinajstić information content (AvgIpc) is 2.46. The van der Waals surface area contributed by atoms with Gasteiger partial charge in [-0.05, 0) is 18.4 Å². The minimum atomic E-state index is 0.303. The van der Waals surface area contributed by atoms with Crippen molar-refractivity contribution in [1.82, 2.24) is 5.32 Å². The van der Waals surface area contributed by atoms with Crippen molar-refractivity contribution < 1.29 is 0 Å². The van der Waals surface area contributed by atoms with E-state index < -0.39 is 0 Å². The second-order valence-corrected chi connectivity index (χ2v) is 5.09. The quantitative estimate of drug-likeness (QED) is 0.658. The fourth-order valence-electron chi connectivity index (χ4n) is 2.35. The summed E-state index contributed by atoms with van der Waals surface area (Å²) < 4.78 is 0. The fourth-order valence-corrected chi connectivity index (χ4v) is 2.35. The molecule has 2 nitrogen and oxygen atoms in total. The molecule has 1 aromatic carbocycles. The first-order chi connectivity index (χ1) is 9.31. The van der Waals surface area contributed by atoms with Gasteiger partial charge < -0.3 is 5.32 Å². The van der Waals surface area contributed by atoms with Gasteiger partial charge in [-0.1, -0.05) is 63.4 Å². The topological polar surface area (TPSA) is 35.8 Å². The fraction of sp³-hybridized carbons (Fsp3) is 0.588. The van der Waals surface area contributed by atoms with E-state index in [1.165, 1.54) is 24.8 Å². The summed E-state index contributed by atoms with van der Waals surface area (Å²) in [5, 5.41) is 12.5. The summed E-state index contributed by atoms with van der Waals surface area (Å²) in [6.07, 6.45) is 6.51. The minimum absolute atomic E-state index is 0.303. The molecule has 1 aromatic rings. The molecule has 0 aliphatic rings. The highest BCUT2D eigenvalue weighted by molar-refractivity contribution is 5.19. The molecule has 0 heterocycles. The highest BCUT2D eigenvalue weighted by Gasteiger charge is 2.15. The zero-order chi connectivity index (χ0) is 13.9. The van der Waals surface area contributed by atoms with Gasteiger partial charge in [0.15, 0.2) is 0 Å². The summed E-state index contributed by atoms with van der Waals surface area (Å²) >= 11 is 0. The normalized spacial score (nSPS) is 13.7. The van der Waals surface area contributed by atoms with E-state index in [1.54, 1.807) is 0 Å². The van der Waals surface area contributed by atoms with Crippen LogP contribution in [0.25, 0.3) is 0 Å². The van der Waals surface area contributed by atoms with E-state index in [4.69, 9.17) is 5.26 Å². The molecule has 0 radical (unpaired) electrons. The van der Waals surface area contributed by atoms with Gasteiger partial charge in [0.1, 0.15) is 0 Å². The molecular weight excluding hydrogens is 232 g/mol. The lowest BCUT2D eigenvalue weighted by molar-refractivity contribution is 0.399. The molecule has 2 atom stereocenters. The Bertz CT molecular complexity index is 367. The summed E-state index contributed by atoms with van der Waals surface area (Å²) in [6.45, 7) is 4.37. The van der Waals surface area contributed by atoms with Gasteiger partial charge in [0.25, 0.3) is 0 Å². The average molecular weight is 258 g/mol. The smallest absolute Gasteiger partial charge is 0.0638 e. The van der Waals surface area contributed by atoms with Gasteiger partial charge in [-0.2, -0.15) is 5.26 Å². The molecule has 0 saturated carbocycles. The van der Waals surface area contributed by atoms with Gasteiger partial charge in [-0.15, -0.1) is 0 Å². The van der Waals surface area contributed by atoms with Crippen LogP contribution in [0.4, 0.5) is 0 Å². The third kappa shape index (κ3) is 5.89. The molecule has 0 bridgehead atoms. The van der Waals surface area contributed by atoms with E-state index in [2.05, 4.69) is 55.6 Å². The number of unbranched alkanes of at least 4 members (excludes halogenated alkanes) is 2. The molecular formula is C17H26N2.